The van der Waals surface area contributed by atoms with Crippen LogP contribution in [0, 0.1) is 0 Å². The minimum absolute atomic E-state index is 0.0509. The van der Waals surface area contributed by atoms with Crippen LogP contribution in [0.2, 0.25) is 0 Å². The van der Waals surface area contributed by atoms with Gasteiger partial charge in [0.25, 0.3) is 0 Å². The minimum atomic E-state index is -0.459. The van der Waals surface area contributed by atoms with Gasteiger partial charge in [-0.1, -0.05) is 60.7 Å². The number of ether oxygens (including phenoxy) is 3. The van der Waals surface area contributed by atoms with Gasteiger partial charge in [-0.15, -0.1) is 0 Å². The lowest BCUT2D eigenvalue weighted by Gasteiger charge is -2.25. The van der Waals surface area contributed by atoms with Gasteiger partial charge in [-0.2, -0.15) is 0 Å². The van der Waals surface area contributed by atoms with Crippen molar-refractivity contribution in [1.82, 2.24) is 0 Å². The van der Waals surface area contributed by atoms with Crippen LogP contribution < -0.4 is 14.2 Å². The molecule has 0 aliphatic carbocycles. The molecular weight excluding hydrogens is 352 g/mol. The lowest BCUT2D eigenvalue weighted by molar-refractivity contribution is -0.125. The molecule has 1 aliphatic heterocycles. The number of Topliss-reactive ketones (excluding diaryl/α,β-unsaturated/α-hetero) is 1. The molecular formula is C24H22O4. The van der Waals surface area contributed by atoms with Crippen LogP contribution in [0.4, 0.5) is 0 Å². The second kappa shape index (κ2) is 8.17. The summed E-state index contributed by atoms with van der Waals surface area (Å²) in [4.78, 5) is 12.2. The van der Waals surface area contributed by atoms with E-state index in [2.05, 4.69) is 0 Å². The summed E-state index contributed by atoms with van der Waals surface area (Å²) in [5.41, 5.74) is 2.92. The Balaban J connectivity index is 1.58. The van der Waals surface area contributed by atoms with Gasteiger partial charge >= 0.3 is 0 Å². The largest absolute Gasteiger partial charge is 0.489 e. The van der Waals surface area contributed by atoms with Crippen molar-refractivity contribution in [3.8, 4) is 17.2 Å². The van der Waals surface area contributed by atoms with Crippen molar-refractivity contribution in [1.29, 1.82) is 0 Å². The van der Waals surface area contributed by atoms with Crippen molar-refractivity contribution in [2.75, 3.05) is 0 Å². The average Bonchev–Trinajstić information content (AvgIpc) is 2.73. The molecule has 0 aromatic heterocycles. The number of carbonyl (C=O) groups is 1. The van der Waals surface area contributed by atoms with Gasteiger partial charge in [-0.05, 0) is 18.1 Å². The zero-order valence-electron chi connectivity index (χ0n) is 15.8. The molecule has 142 valence electrons. The summed E-state index contributed by atoms with van der Waals surface area (Å²) in [6, 6.07) is 23.6. The first-order chi connectivity index (χ1) is 13.7. The van der Waals surface area contributed by atoms with Crippen molar-refractivity contribution in [3.05, 3.63) is 89.5 Å². The van der Waals surface area contributed by atoms with E-state index in [0.29, 0.717) is 36.9 Å². The molecule has 1 atom stereocenters. The summed E-state index contributed by atoms with van der Waals surface area (Å²) in [7, 11) is 0. The molecule has 1 heterocycles. The molecule has 0 bridgehead atoms. The molecule has 3 aromatic rings. The summed E-state index contributed by atoms with van der Waals surface area (Å²) in [5.74, 6) is 1.99. The summed E-state index contributed by atoms with van der Waals surface area (Å²) >= 11 is 0. The van der Waals surface area contributed by atoms with Gasteiger partial charge in [0, 0.05) is 24.1 Å². The number of hydrogen-bond acceptors (Lipinski definition) is 4. The highest BCUT2D eigenvalue weighted by Crippen LogP contribution is 2.38. The van der Waals surface area contributed by atoms with Crippen LogP contribution in [0.5, 0.6) is 17.2 Å². The first kappa shape index (κ1) is 18.1. The Bertz CT molecular complexity index is 951. The molecule has 0 N–H and O–H groups in total. The Hall–Kier alpha value is -3.27. The van der Waals surface area contributed by atoms with E-state index in [-0.39, 0.29) is 5.78 Å². The standard InChI is InChI=1S/C24H22O4/c1-17-22(25)14-21-23(27-16-19-10-6-3-7-11-19)12-20(13-24(21)28-17)26-15-18-8-4-2-5-9-18/h2-13,17H,14-16H2,1H3. The lowest BCUT2D eigenvalue weighted by Crippen LogP contribution is -2.30. The Kier molecular flexibility index (Phi) is 5.29. The van der Waals surface area contributed by atoms with Crippen molar-refractivity contribution in [3.63, 3.8) is 0 Å². The van der Waals surface area contributed by atoms with Gasteiger partial charge in [-0.25, -0.2) is 0 Å². The fourth-order valence-electron chi connectivity index (χ4n) is 3.14. The highest BCUT2D eigenvalue weighted by atomic mass is 16.5. The number of rotatable bonds is 6. The van der Waals surface area contributed by atoms with Crippen LogP contribution in [0.25, 0.3) is 0 Å². The van der Waals surface area contributed by atoms with Crippen LogP contribution in [-0.2, 0) is 24.4 Å². The van der Waals surface area contributed by atoms with Gasteiger partial charge < -0.3 is 14.2 Å². The van der Waals surface area contributed by atoms with E-state index in [9.17, 15) is 4.79 Å². The van der Waals surface area contributed by atoms with Crippen LogP contribution in [0.3, 0.4) is 0 Å². The van der Waals surface area contributed by atoms with Gasteiger partial charge in [-0.3, -0.25) is 4.79 Å². The first-order valence-electron chi connectivity index (χ1n) is 9.39. The maximum Gasteiger partial charge on any atom is 0.177 e. The predicted molar refractivity (Wildman–Crippen MR) is 107 cm³/mol. The normalized spacial score (nSPS) is 15.5. The van der Waals surface area contributed by atoms with Gasteiger partial charge in [0.2, 0.25) is 0 Å². The molecule has 3 aromatic carbocycles. The molecule has 0 saturated carbocycles. The summed E-state index contributed by atoms with van der Waals surface area (Å²) in [6.45, 7) is 2.64. The third-order valence-corrected chi connectivity index (χ3v) is 4.74. The molecule has 4 nitrogen and oxygen atoms in total. The molecule has 1 unspecified atom stereocenters. The van der Waals surface area contributed by atoms with Gasteiger partial charge in [0.1, 0.15) is 30.5 Å². The Morgan fingerprint density at radius 1 is 0.893 bits per heavy atom. The topological polar surface area (TPSA) is 44.8 Å². The van der Waals surface area contributed by atoms with E-state index in [4.69, 9.17) is 14.2 Å². The molecule has 0 fully saturated rings. The van der Waals surface area contributed by atoms with Crippen molar-refractivity contribution < 1.29 is 19.0 Å². The molecule has 0 radical (unpaired) electrons. The number of benzene rings is 3. The van der Waals surface area contributed by atoms with E-state index < -0.39 is 6.10 Å². The smallest absolute Gasteiger partial charge is 0.177 e. The number of ketones is 1. The highest BCUT2D eigenvalue weighted by Gasteiger charge is 2.28. The first-order valence-corrected chi connectivity index (χ1v) is 9.39. The van der Waals surface area contributed by atoms with E-state index in [1.807, 2.05) is 72.8 Å². The summed E-state index contributed by atoms with van der Waals surface area (Å²) in [5, 5.41) is 0. The molecule has 0 spiro atoms. The van der Waals surface area contributed by atoms with Crippen LogP contribution >= 0.6 is 0 Å². The van der Waals surface area contributed by atoms with Crippen LogP contribution in [-0.4, -0.2) is 11.9 Å². The van der Waals surface area contributed by atoms with Crippen molar-refractivity contribution >= 4 is 5.78 Å². The van der Waals surface area contributed by atoms with E-state index in [1.54, 1.807) is 6.92 Å². The van der Waals surface area contributed by atoms with Crippen molar-refractivity contribution in [2.24, 2.45) is 0 Å². The second-order valence-corrected chi connectivity index (χ2v) is 6.85. The maximum absolute atomic E-state index is 12.2. The third-order valence-electron chi connectivity index (χ3n) is 4.74. The second-order valence-electron chi connectivity index (χ2n) is 6.85. The molecule has 1 aliphatic rings. The minimum Gasteiger partial charge on any atom is -0.489 e. The summed E-state index contributed by atoms with van der Waals surface area (Å²) in [6.07, 6.45) is -0.154. The number of hydrogen-bond donors (Lipinski definition) is 0. The van der Waals surface area contributed by atoms with Crippen LogP contribution in [0.15, 0.2) is 72.8 Å². The van der Waals surface area contributed by atoms with Gasteiger partial charge in [0.15, 0.2) is 11.9 Å². The zero-order valence-corrected chi connectivity index (χ0v) is 15.8. The van der Waals surface area contributed by atoms with E-state index >= 15 is 0 Å². The Labute approximate surface area is 164 Å². The van der Waals surface area contributed by atoms with Crippen molar-refractivity contribution in [2.45, 2.75) is 32.7 Å². The fraction of sp³-hybridized carbons (Fsp3) is 0.208. The maximum atomic E-state index is 12.2. The molecule has 4 rings (SSSR count). The van der Waals surface area contributed by atoms with E-state index in [1.165, 1.54) is 0 Å². The molecule has 28 heavy (non-hydrogen) atoms. The molecule has 0 amide bonds. The zero-order chi connectivity index (χ0) is 19.3. The number of carbonyl (C=O) groups excluding carboxylic acids is 1. The summed E-state index contributed by atoms with van der Waals surface area (Å²) < 4.78 is 17.8. The molecule has 4 heteroatoms. The SMILES string of the molecule is CC1Oc2cc(OCc3ccccc3)cc(OCc3ccccc3)c2CC1=O. The Morgan fingerprint density at radius 3 is 2.14 bits per heavy atom. The highest BCUT2D eigenvalue weighted by molar-refractivity contribution is 5.88. The lowest BCUT2D eigenvalue weighted by atomic mass is 10.0. The average molecular weight is 374 g/mol. The monoisotopic (exact) mass is 374 g/mol. The number of fused-ring (bicyclic) bond motifs is 1. The van der Waals surface area contributed by atoms with Gasteiger partial charge in [0.05, 0.1) is 0 Å². The van der Waals surface area contributed by atoms with Crippen LogP contribution in [0.1, 0.15) is 23.6 Å². The predicted octanol–water partition coefficient (Wildman–Crippen LogP) is 4.74. The Morgan fingerprint density at radius 2 is 1.50 bits per heavy atom. The fourth-order valence-corrected chi connectivity index (χ4v) is 3.14. The van der Waals surface area contributed by atoms with E-state index in [0.717, 1.165) is 16.7 Å². The molecule has 0 saturated heterocycles. The quantitative estimate of drug-likeness (QED) is 0.625. The third kappa shape index (κ3) is 4.17.